The predicted octanol–water partition coefficient (Wildman–Crippen LogP) is 2.05. The van der Waals surface area contributed by atoms with E-state index in [0.717, 1.165) is 4.47 Å². The first-order chi connectivity index (χ1) is 7.00. The fourth-order valence-corrected chi connectivity index (χ4v) is 3.71. The molecule has 2 N–H and O–H groups in total. The number of hydrogen-bond acceptors (Lipinski definition) is 3. The molecule has 0 bridgehead atoms. The molecule has 2 heterocycles. The molecular weight excluding hydrogens is 276 g/mol. The molecule has 2 rings (SSSR count). The lowest BCUT2D eigenvalue weighted by molar-refractivity contribution is -0.127. The average Bonchev–Trinajstić information content (AvgIpc) is 2.57. The zero-order chi connectivity index (χ0) is 11.2. The van der Waals surface area contributed by atoms with Crippen LogP contribution in [-0.2, 0) is 4.79 Å². The molecule has 1 fully saturated rings. The average molecular weight is 289 g/mol. The summed E-state index contributed by atoms with van der Waals surface area (Å²) in [5.74, 6) is 0.134. The maximum Gasteiger partial charge on any atom is 0.224 e. The van der Waals surface area contributed by atoms with Crippen molar-refractivity contribution in [2.45, 2.75) is 25.4 Å². The van der Waals surface area contributed by atoms with Crippen LogP contribution in [0.25, 0.3) is 0 Å². The fraction of sp³-hybridized carbons (Fsp3) is 0.500. The number of carbonyl (C=O) groups excluding carboxylic acids is 1. The standard InChI is InChI=1S/C10H13BrN2OS/c1-5-6(11)3-8(15-5)10-7(12)4-9(14)13(10)2/h3,7,10H,4,12H2,1-2H3. The minimum atomic E-state index is -0.0764. The van der Waals surface area contributed by atoms with Crippen molar-refractivity contribution in [3.05, 3.63) is 20.3 Å². The van der Waals surface area contributed by atoms with Gasteiger partial charge in [-0.2, -0.15) is 0 Å². The third kappa shape index (κ3) is 1.84. The number of rotatable bonds is 1. The van der Waals surface area contributed by atoms with Crippen molar-refractivity contribution < 1.29 is 4.79 Å². The highest BCUT2D eigenvalue weighted by atomic mass is 79.9. The van der Waals surface area contributed by atoms with Crippen LogP contribution >= 0.6 is 27.3 Å². The first kappa shape index (κ1) is 11.1. The van der Waals surface area contributed by atoms with Gasteiger partial charge in [-0.15, -0.1) is 11.3 Å². The van der Waals surface area contributed by atoms with E-state index in [1.807, 2.05) is 7.05 Å². The first-order valence-electron chi connectivity index (χ1n) is 4.77. The Bertz CT molecular complexity index is 385. The van der Waals surface area contributed by atoms with Gasteiger partial charge in [0, 0.05) is 33.7 Å². The number of nitrogens with zero attached hydrogens (tertiary/aromatic N) is 1. The lowest BCUT2D eigenvalue weighted by Gasteiger charge is -2.21. The van der Waals surface area contributed by atoms with Gasteiger partial charge in [-0.25, -0.2) is 0 Å². The van der Waals surface area contributed by atoms with Crippen molar-refractivity contribution in [2.24, 2.45) is 5.73 Å². The number of nitrogens with two attached hydrogens (primary N) is 1. The fourth-order valence-electron chi connectivity index (χ4n) is 1.93. The molecule has 2 atom stereocenters. The largest absolute Gasteiger partial charge is 0.336 e. The smallest absolute Gasteiger partial charge is 0.224 e. The minimum absolute atomic E-state index is 0.0486. The number of halogens is 1. The molecule has 0 radical (unpaired) electrons. The summed E-state index contributed by atoms with van der Waals surface area (Å²) in [6.45, 7) is 2.06. The summed E-state index contributed by atoms with van der Waals surface area (Å²) >= 11 is 5.18. The van der Waals surface area contributed by atoms with Gasteiger partial charge in [-0.1, -0.05) is 0 Å². The van der Waals surface area contributed by atoms with Gasteiger partial charge < -0.3 is 10.6 Å². The number of hydrogen-bond donors (Lipinski definition) is 1. The number of aryl methyl sites for hydroxylation is 1. The molecule has 1 amide bonds. The normalized spacial score (nSPS) is 26.4. The molecular formula is C10H13BrN2OS. The Balaban J connectivity index is 2.34. The third-order valence-electron chi connectivity index (χ3n) is 2.79. The quantitative estimate of drug-likeness (QED) is 0.860. The van der Waals surface area contributed by atoms with Gasteiger partial charge in [0.2, 0.25) is 5.91 Å². The second-order valence-electron chi connectivity index (χ2n) is 3.87. The van der Waals surface area contributed by atoms with Crippen molar-refractivity contribution in [2.75, 3.05) is 7.05 Å². The van der Waals surface area contributed by atoms with Crippen LogP contribution in [0.1, 0.15) is 22.2 Å². The second-order valence-corrected chi connectivity index (χ2v) is 6.01. The Morgan fingerprint density at radius 3 is 2.73 bits per heavy atom. The Morgan fingerprint density at radius 2 is 2.33 bits per heavy atom. The van der Waals surface area contributed by atoms with Crippen molar-refractivity contribution >= 4 is 33.2 Å². The highest BCUT2D eigenvalue weighted by molar-refractivity contribution is 9.10. The molecule has 0 spiro atoms. The highest BCUT2D eigenvalue weighted by Crippen LogP contribution is 2.37. The Kier molecular flexibility index (Phi) is 2.87. The van der Waals surface area contributed by atoms with Crippen LogP contribution in [0.15, 0.2) is 10.5 Å². The van der Waals surface area contributed by atoms with Crippen molar-refractivity contribution in [3.8, 4) is 0 Å². The van der Waals surface area contributed by atoms with Crippen LogP contribution in [0.5, 0.6) is 0 Å². The van der Waals surface area contributed by atoms with Gasteiger partial charge in [0.25, 0.3) is 0 Å². The first-order valence-corrected chi connectivity index (χ1v) is 6.38. The predicted molar refractivity (Wildman–Crippen MR) is 64.9 cm³/mol. The molecule has 0 aromatic carbocycles. The molecule has 1 aliphatic rings. The molecule has 2 unspecified atom stereocenters. The SMILES string of the molecule is Cc1sc(C2C(N)CC(=O)N2C)cc1Br. The van der Waals surface area contributed by atoms with Crippen LogP contribution in [0.4, 0.5) is 0 Å². The van der Waals surface area contributed by atoms with Gasteiger partial charge >= 0.3 is 0 Å². The number of likely N-dealkylation sites (N-methyl/N-ethyl adjacent to an activating group) is 1. The van der Waals surface area contributed by atoms with E-state index >= 15 is 0 Å². The second kappa shape index (κ2) is 3.88. The van der Waals surface area contributed by atoms with E-state index in [9.17, 15) is 4.79 Å². The van der Waals surface area contributed by atoms with Crippen molar-refractivity contribution in [1.29, 1.82) is 0 Å². The monoisotopic (exact) mass is 288 g/mol. The lowest BCUT2D eigenvalue weighted by atomic mass is 10.1. The van der Waals surface area contributed by atoms with E-state index in [0.29, 0.717) is 6.42 Å². The summed E-state index contributed by atoms with van der Waals surface area (Å²) in [4.78, 5) is 15.6. The molecule has 1 saturated heterocycles. The van der Waals surface area contributed by atoms with Crippen molar-refractivity contribution in [3.63, 3.8) is 0 Å². The van der Waals surface area contributed by atoms with Crippen molar-refractivity contribution in [1.82, 2.24) is 4.90 Å². The molecule has 0 aliphatic carbocycles. The lowest BCUT2D eigenvalue weighted by Crippen LogP contribution is -2.29. The summed E-state index contributed by atoms with van der Waals surface area (Å²) in [6.07, 6.45) is 0.454. The third-order valence-corrected chi connectivity index (χ3v) is 5.00. The van der Waals surface area contributed by atoms with Crippen LogP contribution in [0.2, 0.25) is 0 Å². The van der Waals surface area contributed by atoms with E-state index in [1.54, 1.807) is 16.2 Å². The number of likely N-dealkylation sites (tertiary alicyclic amines) is 1. The minimum Gasteiger partial charge on any atom is -0.336 e. The van der Waals surface area contributed by atoms with Gasteiger partial charge in [0.15, 0.2) is 0 Å². The van der Waals surface area contributed by atoms with E-state index in [2.05, 4.69) is 28.9 Å². The van der Waals surface area contributed by atoms with E-state index < -0.39 is 0 Å². The van der Waals surface area contributed by atoms with E-state index in [4.69, 9.17) is 5.73 Å². The molecule has 0 saturated carbocycles. The summed E-state index contributed by atoms with van der Waals surface area (Å²) in [5, 5.41) is 0. The highest BCUT2D eigenvalue weighted by Gasteiger charge is 2.37. The van der Waals surface area contributed by atoms with Crippen LogP contribution < -0.4 is 5.73 Å². The van der Waals surface area contributed by atoms with Gasteiger partial charge in [-0.3, -0.25) is 4.79 Å². The Hall–Kier alpha value is -0.390. The molecule has 1 aromatic rings. The molecule has 1 aromatic heterocycles. The molecule has 82 valence electrons. The molecule has 5 heteroatoms. The molecule has 15 heavy (non-hydrogen) atoms. The van der Waals surface area contributed by atoms with E-state index in [1.165, 1.54) is 9.75 Å². The summed E-state index contributed by atoms with van der Waals surface area (Å²) < 4.78 is 1.10. The van der Waals surface area contributed by atoms with Gasteiger partial charge in [0.1, 0.15) is 0 Å². The van der Waals surface area contributed by atoms with Crippen LogP contribution in [0, 0.1) is 6.92 Å². The van der Waals surface area contributed by atoms with Crippen LogP contribution in [-0.4, -0.2) is 23.9 Å². The summed E-state index contributed by atoms with van der Waals surface area (Å²) in [5.41, 5.74) is 5.98. The number of amides is 1. The number of carbonyl (C=O) groups is 1. The summed E-state index contributed by atoms with van der Waals surface area (Å²) in [6, 6.07) is 2.04. The van der Waals surface area contributed by atoms with Crippen LogP contribution in [0.3, 0.4) is 0 Å². The topological polar surface area (TPSA) is 46.3 Å². The van der Waals surface area contributed by atoms with Gasteiger partial charge in [0.05, 0.1) is 6.04 Å². The van der Waals surface area contributed by atoms with E-state index in [-0.39, 0.29) is 18.0 Å². The maximum atomic E-state index is 11.5. The van der Waals surface area contributed by atoms with Gasteiger partial charge in [-0.05, 0) is 28.9 Å². The maximum absolute atomic E-state index is 11.5. The zero-order valence-electron chi connectivity index (χ0n) is 8.66. The Labute approximate surface area is 101 Å². The summed E-state index contributed by atoms with van der Waals surface area (Å²) in [7, 11) is 1.82. The molecule has 1 aliphatic heterocycles. The Morgan fingerprint density at radius 1 is 1.67 bits per heavy atom. The molecule has 3 nitrogen and oxygen atoms in total. The number of thiophene rings is 1. The zero-order valence-corrected chi connectivity index (χ0v) is 11.1.